The fourth-order valence-corrected chi connectivity index (χ4v) is 3.31. The third kappa shape index (κ3) is 3.49. The van der Waals surface area contributed by atoms with Gasteiger partial charge in [-0.3, -0.25) is 9.88 Å². The fraction of sp³-hybridized carbons (Fsp3) is 0.412. The number of aromatic nitrogens is 5. The molecule has 1 unspecified atom stereocenters. The Morgan fingerprint density at radius 2 is 1.96 bits per heavy atom. The largest absolute Gasteiger partial charge is 0.453 e. The van der Waals surface area contributed by atoms with E-state index >= 15 is 0 Å². The first-order valence-corrected chi connectivity index (χ1v) is 8.70. The van der Waals surface area contributed by atoms with Gasteiger partial charge in [-0.05, 0) is 25.1 Å². The highest BCUT2D eigenvalue weighted by Crippen LogP contribution is 2.28. The first-order chi connectivity index (χ1) is 13.3. The van der Waals surface area contributed by atoms with E-state index in [1.165, 1.54) is 12.3 Å². The number of anilines is 1. The smallest absolute Gasteiger partial charge is 0.352 e. The van der Waals surface area contributed by atoms with Crippen molar-refractivity contribution in [2.45, 2.75) is 25.7 Å². The summed E-state index contributed by atoms with van der Waals surface area (Å²) in [7, 11) is 0. The molecule has 3 aromatic rings. The molecule has 1 aliphatic rings. The molecule has 4 heterocycles. The highest BCUT2D eigenvalue weighted by Gasteiger charge is 2.38. The molecule has 3 aromatic heterocycles. The Bertz CT molecular complexity index is 987. The number of piperazine rings is 1. The lowest BCUT2D eigenvalue weighted by Gasteiger charge is -2.40. The molecule has 0 N–H and O–H groups in total. The van der Waals surface area contributed by atoms with Gasteiger partial charge in [-0.15, -0.1) is 15.3 Å². The molecule has 1 aliphatic heterocycles. The van der Waals surface area contributed by atoms with Crippen LogP contribution in [-0.2, 0) is 12.7 Å². The summed E-state index contributed by atoms with van der Waals surface area (Å²) in [6.45, 7) is 4.16. The summed E-state index contributed by atoms with van der Waals surface area (Å²) in [5, 5.41) is 10.8. The lowest BCUT2D eigenvalue weighted by Crippen LogP contribution is -2.51. The van der Waals surface area contributed by atoms with Crippen LogP contribution < -0.4 is 4.90 Å². The quantitative estimate of drug-likeness (QED) is 0.635. The Labute approximate surface area is 157 Å². The molecule has 7 nitrogen and oxygen atoms in total. The molecule has 28 heavy (non-hydrogen) atoms. The molecule has 0 spiro atoms. The molecule has 0 aliphatic carbocycles. The standard InChI is InChI=1S/C17H17F4N7/c1-11-9-27(7-6-26(11)10-12-4-5-22-8-13(12)18)15-3-2-14-23-24-16(17(19,20)21)28(14)25-15/h2-5,8,11H,6-7,9-10H2,1H3. The normalized spacial score (nSPS) is 18.8. The minimum atomic E-state index is -4.63. The number of nitrogens with zero attached hydrogens (tertiary/aromatic N) is 7. The summed E-state index contributed by atoms with van der Waals surface area (Å²) in [5.74, 6) is -1.08. The molecule has 0 saturated carbocycles. The summed E-state index contributed by atoms with van der Waals surface area (Å²) >= 11 is 0. The third-order valence-corrected chi connectivity index (χ3v) is 4.82. The molecular formula is C17H17F4N7. The van der Waals surface area contributed by atoms with Crippen LogP contribution in [0.3, 0.4) is 0 Å². The van der Waals surface area contributed by atoms with Gasteiger partial charge in [-0.1, -0.05) is 0 Å². The van der Waals surface area contributed by atoms with E-state index in [-0.39, 0.29) is 17.5 Å². The van der Waals surface area contributed by atoms with Gasteiger partial charge in [0.15, 0.2) is 5.65 Å². The van der Waals surface area contributed by atoms with Gasteiger partial charge in [-0.25, -0.2) is 4.39 Å². The number of hydrogen-bond acceptors (Lipinski definition) is 6. The predicted molar refractivity (Wildman–Crippen MR) is 92.1 cm³/mol. The SMILES string of the molecule is CC1CN(c2ccc3nnc(C(F)(F)F)n3n2)CCN1Cc1ccncc1F. The van der Waals surface area contributed by atoms with E-state index in [4.69, 9.17) is 0 Å². The van der Waals surface area contributed by atoms with Gasteiger partial charge >= 0.3 is 6.18 Å². The van der Waals surface area contributed by atoms with Crippen LogP contribution in [0.15, 0.2) is 30.6 Å². The molecule has 0 amide bonds. The maximum absolute atomic E-state index is 13.8. The average Bonchev–Trinajstić information content (AvgIpc) is 3.08. The Balaban J connectivity index is 1.52. The van der Waals surface area contributed by atoms with E-state index in [9.17, 15) is 17.6 Å². The highest BCUT2D eigenvalue weighted by atomic mass is 19.4. The van der Waals surface area contributed by atoms with E-state index in [2.05, 4.69) is 25.2 Å². The molecule has 0 bridgehead atoms. The van der Waals surface area contributed by atoms with Crippen LogP contribution in [-0.4, -0.2) is 55.4 Å². The van der Waals surface area contributed by atoms with Crippen molar-refractivity contribution in [3.05, 3.63) is 47.8 Å². The van der Waals surface area contributed by atoms with E-state index in [0.717, 1.165) is 4.52 Å². The molecule has 0 aromatic carbocycles. The molecule has 4 rings (SSSR count). The lowest BCUT2D eigenvalue weighted by atomic mass is 10.1. The second-order valence-corrected chi connectivity index (χ2v) is 6.72. The molecule has 148 valence electrons. The van der Waals surface area contributed by atoms with Gasteiger partial charge in [0, 0.05) is 44.0 Å². The monoisotopic (exact) mass is 395 g/mol. The molecule has 0 radical (unpaired) electrons. The number of halogens is 4. The van der Waals surface area contributed by atoms with Crippen molar-refractivity contribution in [3.8, 4) is 0 Å². The molecule has 1 fully saturated rings. The number of fused-ring (bicyclic) bond motifs is 1. The van der Waals surface area contributed by atoms with Crippen LogP contribution in [0.1, 0.15) is 18.3 Å². The third-order valence-electron chi connectivity index (χ3n) is 4.82. The van der Waals surface area contributed by atoms with E-state index in [0.29, 0.717) is 37.6 Å². The molecule has 1 saturated heterocycles. The van der Waals surface area contributed by atoms with Gasteiger partial charge < -0.3 is 4.90 Å². The van der Waals surface area contributed by atoms with Crippen molar-refractivity contribution < 1.29 is 17.6 Å². The van der Waals surface area contributed by atoms with Crippen molar-refractivity contribution in [2.24, 2.45) is 0 Å². The van der Waals surface area contributed by atoms with Crippen LogP contribution in [0.25, 0.3) is 5.65 Å². The summed E-state index contributed by atoms with van der Waals surface area (Å²) in [6, 6.07) is 4.80. The summed E-state index contributed by atoms with van der Waals surface area (Å²) in [6.07, 6.45) is -1.89. The van der Waals surface area contributed by atoms with Gasteiger partial charge in [0.2, 0.25) is 0 Å². The Morgan fingerprint density at radius 3 is 2.68 bits per heavy atom. The highest BCUT2D eigenvalue weighted by molar-refractivity contribution is 5.46. The minimum Gasteiger partial charge on any atom is -0.352 e. The topological polar surface area (TPSA) is 62.5 Å². The number of pyridine rings is 1. The van der Waals surface area contributed by atoms with Gasteiger partial charge in [0.1, 0.15) is 11.6 Å². The zero-order valence-electron chi connectivity index (χ0n) is 14.9. The van der Waals surface area contributed by atoms with Gasteiger partial charge in [0.05, 0.1) is 6.20 Å². The molecule has 11 heteroatoms. The Kier molecular flexibility index (Phi) is 4.61. The first-order valence-electron chi connectivity index (χ1n) is 8.70. The molecule has 1 atom stereocenters. The van der Waals surface area contributed by atoms with Crippen molar-refractivity contribution in [2.75, 3.05) is 24.5 Å². The summed E-state index contributed by atoms with van der Waals surface area (Å²) in [4.78, 5) is 7.78. The number of rotatable bonds is 3. The summed E-state index contributed by atoms with van der Waals surface area (Å²) in [5.41, 5.74) is 0.602. The van der Waals surface area contributed by atoms with E-state index in [1.54, 1.807) is 18.3 Å². The zero-order valence-corrected chi connectivity index (χ0v) is 14.9. The molecular weight excluding hydrogens is 378 g/mol. The van der Waals surface area contributed by atoms with Crippen LogP contribution in [0.4, 0.5) is 23.4 Å². The van der Waals surface area contributed by atoms with E-state index in [1.807, 2.05) is 11.8 Å². The van der Waals surface area contributed by atoms with Crippen molar-refractivity contribution in [1.29, 1.82) is 0 Å². The van der Waals surface area contributed by atoms with Crippen molar-refractivity contribution in [3.63, 3.8) is 0 Å². The second-order valence-electron chi connectivity index (χ2n) is 6.72. The van der Waals surface area contributed by atoms with Crippen molar-refractivity contribution >= 4 is 11.5 Å². The van der Waals surface area contributed by atoms with Crippen LogP contribution >= 0.6 is 0 Å². The lowest BCUT2D eigenvalue weighted by molar-refractivity contribution is -0.146. The van der Waals surface area contributed by atoms with Crippen LogP contribution in [0.5, 0.6) is 0 Å². The van der Waals surface area contributed by atoms with Crippen LogP contribution in [0.2, 0.25) is 0 Å². The maximum atomic E-state index is 13.8. The first kappa shape index (κ1) is 18.5. The number of hydrogen-bond donors (Lipinski definition) is 0. The Hall–Kier alpha value is -2.82. The average molecular weight is 395 g/mol. The van der Waals surface area contributed by atoms with E-state index < -0.39 is 12.0 Å². The van der Waals surface area contributed by atoms with Gasteiger partial charge in [0.25, 0.3) is 5.82 Å². The zero-order chi connectivity index (χ0) is 19.9. The minimum absolute atomic E-state index is 0.0379. The van der Waals surface area contributed by atoms with Crippen LogP contribution in [0, 0.1) is 5.82 Å². The predicted octanol–water partition coefficient (Wildman–Crippen LogP) is 2.39. The number of alkyl halides is 3. The van der Waals surface area contributed by atoms with Gasteiger partial charge in [-0.2, -0.15) is 17.7 Å². The summed E-state index contributed by atoms with van der Waals surface area (Å²) < 4.78 is 53.7. The fourth-order valence-electron chi connectivity index (χ4n) is 3.31. The second kappa shape index (κ2) is 6.97. The van der Waals surface area contributed by atoms with Crippen molar-refractivity contribution in [1.82, 2.24) is 29.7 Å². The maximum Gasteiger partial charge on any atom is 0.453 e. The Morgan fingerprint density at radius 1 is 1.14 bits per heavy atom.